The molecule has 0 amide bonds. The van der Waals surface area contributed by atoms with Crippen molar-refractivity contribution in [3.05, 3.63) is 53.3 Å². The van der Waals surface area contributed by atoms with E-state index in [9.17, 15) is 8.42 Å². The molecule has 0 fully saturated rings. The predicted octanol–water partition coefficient (Wildman–Crippen LogP) is 2.56. The van der Waals surface area contributed by atoms with Crippen LogP contribution in [0.4, 0.5) is 5.69 Å². The summed E-state index contributed by atoms with van der Waals surface area (Å²) in [5, 5.41) is 8.82. The molecule has 0 aliphatic rings. The van der Waals surface area contributed by atoms with Gasteiger partial charge in [-0.3, -0.25) is 4.98 Å². The highest BCUT2D eigenvalue weighted by Gasteiger charge is 2.12. The van der Waals surface area contributed by atoms with Gasteiger partial charge in [0.25, 0.3) is 0 Å². The number of hydrogen-bond donors (Lipinski definition) is 2. The maximum absolute atomic E-state index is 11.3. The molecule has 7 heteroatoms. The van der Waals surface area contributed by atoms with E-state index < -0.39 is 10.0 Å². The number of hydrogen-bond acceptors (Lipinski definition) is 4. The molecule has 1 atom stereocenters. The average molecular weight is 312 g/mol. The number of halogens is 1. The Hall–Kier alpha value is -1.63. The zero-order chi connectivity index (χ0) is 14.8. The summed E-state index contributed by atoms with van der Waals surface area (Å²) in [6.07, 6.45) is 3.17. The predicted molar refractivity (Wildman–Crippen MR) is 79.1 cm³/mol. The Morgan fingerprint density at radius 2 is 2.10 bits per heavy atom. The summed E-state index contributed by atoms with van der Waals surface area (Å²) in [5.41, 5.74) is 1.53. The van der Waals surface area contributed by atoms with Crippen LogP contribution in [0.25, 0.3) is 0 Å². The van der Waals surface area contributed by atoms with Gasteiger partial charge in [-0.15, -0.1) is 0 Å². The maximum atomic E-state index is 11.3. The molecule has 0 saturated carbocycles. The lowest BCUT2D eigenvalue weighted by Crippen LogP contribution is -2.13. The lowest BCUT2D eigenvalue weighted by Gasteiger charge is -2.17. The first-order valence-corrected chi connectivity index (χ1v) is 7.79. The Morgan fingerprint density at radius 1 is 1.35 bits per heavy atom. The maximum Gasteiger partial charge on any atom is 0.238 e. The topological polar surface area (TPSA) is 85.1 Å². The molecule has 2 rings (SSSR count). The van der Waals surface area contributed by atoms with Gasteiger partial charge in [-0.1, -0.05) is 23.7 Å². The Kier molecular flexibility index (Phi) is 4.27. The van der Waals surface area contributed by atoms with Crippen molar-refractivity contribution in [1.82, 2.24) is 4.98 Å². The minimum atomic E-state index is -3.70. The lowest BCUT2D eigenvalue weighted by molar-refractivity contribution is 0.597. The van der Waals surface area contributed by atoms with Crippen molar-refractivity contribution < 1.29 is 8.42 Å². The summed E-state index contributed by atoms with van der Waals surface area (Å²) < 4.78 is 22.7. The van der Waals surface area contributed by atoms with Crippen molar-refractivity contribution in [2.45, 2.75) is 17.9 Å². The first kappa shape index (κ1) is 14.8. The van der Waals surface area contributed by atoms with Gasteiger partial charge < -0.3 is 5.32 Å². The fourth-order valence-electron chi connectivity index (χ4n) is 1.77. The molecule has 106 valence electrons. The Labute approximate surface area is 122 Å². The fraction of sp³-hybridized carbons (Fsp3) is 0.154. The van der Waals surface area contributed by atoms with Crippen molar-refractivity contribution in [3.8, 4) is 0 Å². The van der Waals surface area contributed by atoms with Crippen LogP contribution in [0.15, 0.2) is 47.6 Å². The zero-order valence-electron chi connectivity index (χ0n) is 10.7. The summed E-state index contributed by atoms with van der Waals surface area (Å²) in [6.45, 7) is 1.90. The minimum absolute atomic E-state index is 0.0875. The number of sulfonamides is 1. The van der Waals surface area contributed by atoms with E-state index in [2.05, 4.69) is 10.3 Å². The van der Waals surface area contributed by atoms with Crippen LogP contribution < -0.4 is 10.5 Å². The lowest BCUT2D eigenvalue weighted by atomic mass is 10.1. The Balaban J connectivity index is 2.26. The molecule has 0 aliphatic carbocycles. The van der Waals surface area contributed by atoms with Crippen molar-refractivity contribution in [2.24, 2.45) is 5.14 Å². The molecule has 0 radical (unpaired) electrons. The number of rotatable bonds is 4. The van der Waals surface area contributed by atoms with E-state index in [1.54, 1.807) is 24.4 Å². The summed E-state index contributed by atoms with van der Waals surface area (Å²) in [5.74, 6) is 0. The average Bonchev–Trinajstić information content (AvgIpc) is 2.40. The fourth-order valence-corrected chi connectivity index (χ4v) is 2.51. The Morgan fingerprint density at radius 3 is 2.75 bits per heavy atom. The van der Waals surface area contributed by atoms with Gasteiger partial charge >= 0.3 is 0 Å². The highest BCUT2D eigenvalue weighted by Crippen LogP contribution is 2.25. The van der Waals surface area contributed by atoms with Crippen molar-refractivity contribution in [2.75, 3.05) is 5.32 Å². The summed E-state index contributed by atoms with van der Waals surface area (Å²) in [4.78, 5) is 3.99. The van der Waals surface area contributed by atoms with E-state index in [0.29, 0.717) is 5.02 Å². The van der Waals surface area contributed by atoms with Crippen LogP contribution in [-0.2, 0) is 10.0 Å². The number of aromatic nitrogens is 1. The van der Waals surface area contributed by atoms with Gasteiger partial charge in [-0.05, 0) is 30.7 Å². The number of nitrogens with zero attached hydrogens (tertiary/aromatic N) is 1. The molecule has 1 aromatic heterocycles. The number of primary sulfonamides is 1. The van der Waals surface area contributed by atoms with Gasteiger partial charge in [0.05, 0.1) is 15.6 Å². The van der Waals surface area contributed by atoms with Gasteiger partial charge in [-0.25, -0.2) is 13.6 Å². The minimum Gasteiger partial charge on any atom is -0.377 e. The van der Waals surface area contributed by atoms with E-state index in [1.165, 1.54) is 12.3 Å². The molecule has 0 unspecified atom stereocenters. The van der Waals surface area contributed by atoms with Crippen molar-refractivity contribution in [3.63, 3.8) is 0 Å². The summed E-state index contributed by atoms with van der Waals surface area (Å²) in [7, 11) is -3.70. The van der Waals surface area contributed by atoms with Crippen molar-refractivity contribution >= 4 is 27.3 Å². The van der Waals surface area contributed by atoms with E-state index in [1.807, 2.05) is 13.0 Å². The third-order valence-electron chi connectivity index (χ3n) is 2.83. The number of anilines is 1. The molecular formula is C13H14ClN3O2S. The van der Waals surface area contributed by atoms with Crippen LogP contribution in [0.2, 0.25) is 5.02 Å². The van der Waals surface area contributed by atoms with E-state index in [0.717, 1.165) is 11.3 Å². The molecule has 3 N–H and O–H groups in total. The van der Waals surface area contributed by atoms with Gasteiger partial charge in [0.1, 0.15) is 0 Å². The SMILES string of the molecule is C[C@H](Nc1ccncc1Cl)c1cccc(S(N)(=O)=O)c1. The molecule has 1 aromatic carbocycles. The molecule has 0 spiro atoms. The molecule has 2 aromatic rings. The highest BCUT2D eigenvalue weighted by molar-refractivity contribution is 7.89. The molecular weight excluding hydrogens is 298 g/mol. The largest absolute Gasteiger partial charge is 0.377 e. The first-order chi connectivity index (χ1) is 9.38. The van der Waals surface area contributed by atoms with Crippen LogP contribution >= 0.6 is 11.6 Å². The van der Waals surface area contributed by atoms with E-state index in [-0.39, 0.29) is 10.9 Å². The number of nitrogens with one attached hydrogen (secondary N) is 1. The van der Waals surface area contributed by atoms with Crippen LogP contribution in [0, 0.1) is 0 Å². The summed E-state index contributed by atoms with van der Waals surface area (Å²) in [6, 6.07) is 8.11. The van der Waals surface area contributed by atoms with Gasteiger partial charge in [-0.2, -0.15) is 0 Å². The van der Waals surface area contributed by atoms with Crippen LogP contribution in [0.1, 0.15) is 18.5 Å². The summed E-state index contributed by atoms with van der Waals surface area (Å²) >= 11 is 6.02. The Bertz CT molecular complexity index is 719. The second-order valence-corrected chi connectivity index (χ2v) is 6.31. The molecule has 1 heterocycles. The standard InChI is InChI=1S/C13H14ClN3O2S/c1-9(17-13-5-6-16-8-12(13)14)10-3-2-4-11(7-10)20(15,18)19/h2-9H,1H3,(H,16,17)(H2,15,18,19)/t9-/m0/s1. The highest BCUT2D eigenvalue weighted by atomic mass is 35.5. The smallest absolute Gasteiger partial charge is 0.238 e. The second-order valence-electron chi connectivity index (χ2n) is 4.34. The monoisotopic (exact) mass is 311 g/mol. The van der Waals surface area contributed by atoms with Crippen LogP contribution in [0.3, 0.4) is 0 Å². The van der Waals surface area contributed by atoms with Crippen LogP contribution in [0.5, 0.6) is 0 Å². The number of benzene rings is 1. The van der Waals surface area contributed by atoms with Gasteiger partial charge in [0.2, 0.25) is 10.0 Å². The number of nitrogens with two attached hydrogens (primary N) is 1. The number of pyridine rings is 1. The first-order valence-electron chi connectivity index (χ1n) is 5.87. The van der Waals surface area contributed by atoms with E-state index >= 15 is 0 Å². The molecule has 0 aliphatic heterocycles. The third-order valence-corrected chi connectivity index (χ3v) is 4.04. The van der Waals surface area contributed by atoms with Crippen molar-refractivity contribution in [1.29, 1.82) is 0 Å². The van der Waals surface area contributed by atoms with Gasteiger partial charge in [0, 0.05) is 18.4 Å². The van der Waals surface area contributed by atoms with Crippen LogP contribution in [-0.4, -0.2) is 13.4 Å². The molecule has 0 saturated heterocycles. The molecule has 0 bridgehead atoms. The third kappa shape index (κ3) is 3.47. The molecule has 20 heavy (non-hydrogen) atoms. The molecule has 5 nitrogen and oxygen atoms in total. The zero-order valence-corrected chi connectivity index (χ0v) is 12.3. The quantitative estimate of drug-likeness (QED) is 0.908. The normalized spacial score (nSPS) is 12.9. The van der Waals surface area contributed by atoms with E-state index in [4.69, 9.17) is 16.7 Å². The van der Waals surface area contributed by atoms with Gasteiger partial charge in [0.15, 0.2) is 0 Å². The second kappa shape index (κ2) is 5.78.